The number of thioether (sulfide) groups is 1. The summed E-state index contributed by atoms with van der Waals surface area (Å²) in [6, 6.07) is 6.21. The predicted octanol–water partition coefficient (Wildman–Crippen LogP) is 3.89. The van der Waals surface area contributed by atoms with E-state index in [4.69, 9.17) is 0 Å². The van der Waals surface area contributed by atoms with E-state index in [9.17, 15) is 18.0 Å². The largest absolute Gasteiger partial charge is 0.446 e. The number of hydrogen-bond donors (Lipinski definition) is 1. The van der Waals surface area contributed by atoms with Crippen molar-refractivity contribution in [2.24, 2.45) is 0 Å². The van der Waals surface area contributed by atoms with Crippen LogP contribution in [0.5, 0.6) is 0 Å². The lowest BCUT2D eigenvalue weighted by atomic mass is 10.0. The summed E-state index contributed by atoms with van der Waals surface area (Å²) in [4.78, 5) is 13.4. The molecule has 0 radical (unpaired) electrons. The van der Waals surface area contributed by atoms with Crippen LogP contribution < -0.4 is 5.32 Å². The molecule has 1 heterocycles. The Hall–Kier alpha value is -1.63. The van der Waals surface area contributed by atoms with Crippen LogP contribution in [0.25, 0.3) is 0 Å². The van der Waals surface area contributed by atoms with Crippen molar-refractivity contribution in [2.45, 2.75) is 29.3 Å². The molecule has 120 valence electrons. The maximum absolute atomic E-state index is 12.4. The standard InChI is InChI=1S/C15H17F3N2OS/c1-3-13(21)20-8-7-14(2,10-20)19-11-5-4-6-12(9-11)22-15(16,17)18/h3-6,9,19H,1,7-8,10H2,2H3. The Bertz CT molecular complexity index is 576. The van der Waals surface area contributed by atoms with Gasteiger partial charge in [0.1, 0.15) is 0 Å². The van der Waals surface area contributed by atoms with Crippen LogP contribution >= 0.6 is 11.8 Å². The molecule has 1 N–H and O–H groups in total. The number of alkyl halides is 3. The van der Waals surface area contributed by atoms with Crippen molar-refractivity contribution >= 4 is 23.4 Å². The normalized spacial score (nSPS) is 21.7. The molecule has 0 saturated carbocycles. The Morgan fingerprint density at radius 1 is 1.50 bits per heavy atom. The molecule has 1 aromatic rings. The number of hydrogen-bond acceptors (Lipinski definition) is 3. The van der Waals surface area contributed by atoms with Gasteiger partial charge in [-0.1, -0.05) is 12.6 Å². The molecule has 1 saturated heterocycles. The summed E-state index contributed by atoms with van der Waals surface area (Å²) in [7, 11) is 0. The maximum Gasteiger partial charge on any atom is 0.446 e. The molecule has 1 aromatic carbocycles. The zero-order valence-electron chi connectivity index (χ0n) is 12.1. The van der Waals surface area contributed by atoms with Crippen molar-refractivity contribution in [2.75, 3.05) is 18.4 Å². The molecule has 3 nitrogen and oxygen atoms in total. The van der Waals surface area contributed by atoms with Gasteiger partial charge in [0.05, 0.1) is 5.54 Å². The van der Waals surface area contributed by atoms with Gasteiger partial charge in [-0.15, -0.1) is 0 Å². The molecule has 2 rings (SSSR count). The van der Waals surface area contributed by atoms with E-state index in [2.05, 4.69) is 11.9 Å². The molecular weight excluding hydrogens is 313 g/mol. The Labute approximate surface area is 131 Å². The fourth-order valence-electron chi connectivity index (χ4n) is 2.50. The fraction of sp³-hybridized carbons (Fsp3) is 0.400. The third-order valence-corrected chi connectivity index (χ3v) is 4.19. The van der Waals surface area contributed by atoms with Gasteiger partial charge in [-0.05, 0) is 49.4 Å². The second-order valence-corrected chi connectivity index (χ2v) is 6.61. The highest BCUT2D eigenvalue weighted by Gasteiger charge is 2.35. The first-order chi connectivity index (χ1) is 10.2. The van der Waals surface area contributed by atoms with Gasteiger partial charge in [-0.3, -0.25) is 4.79 Å². The summed E-state index contributed by atoms with van der Waals surface area (Å²) in [5.41, 5.74) is -4.05. The Morgan fingerprint density at radius 2 is 2.23 bits per heavy atom. The van der Waals surface area contributed by atoms with Gasteiger partial charge in [0, 0.05) is 23.7 Å². The molecule has 1 atom stereocenters. The molecule has 0 bridgehead atoms. The van der Waals surface area contributed by atoms with Crippen LogP contribution in [0.2, 0.25) is 0 Å². The Balaban J connectivity index is 2.06. The number of nitrogens with one attached hydrogen (secondary N) is 1. The van der Waals surface area contributed by atoms with Gasteiger partial charge >= 0.3 is 5.51 Å². The first-order valence-corrected chi connectivity index (χ1v) is 7.58. The molecule has 1 aliphatic heterocycles. The third kappa shape index (κ3) is 4.43. The van der Waals surface area contributed by atoms with Crippen LogP contribution in [0.3, 0.4) is 0 Å². The van der Waals surface area contributed by atoms with Crippen molar-refractivity contribution in [3.05, 3.63) is 36.9 Å². The van der Waals surface area contributed by atoms with Crippen molar-refractivity contribution in [3.63, 3.8) is 0 Å². The fourth-order valence-corrected chi connectivity index (χ4v) is 3.10. The van der Waals surface area contributed by atoms with Crippen molar-refractivity contribution < 1.29 is 18.0 Å². The van der Waals surface area contributed by atoms with E-state index in [0.29, 0.717) is 18.8 Å². The average molecular weight is 330 g/mol. The topological polar surface area (TPSA) is 32.3 Å². The van der Waals surface area contributed by atoms with Crippen LogP contribution in [-0.4, -0.2) is 34.9 Å². The zero-order chi connectivity index (χ0) is 16.4. The lowest BCUT2D eigenvalue weighted by Gasteiger charge is -2.27. The number of amides is 1. The summed E-state index contributed by atoms with van der Waals surface area (Å²) in [6.07, 6.45) is 2.00. The van der Waals surface area contributed by atoms with E-state index in [0.717, 1.165) is 6.42 Å². The van der Waals surface area contributed by atoms with E-state index < -0.39 is 5.51 Å². The van der Waals surface area contributed by atoms with E-state index in [1.165, 1.54) is 18.2 Å². The number of halogens is 3. The highest BCUT2D eigenvalue weighted by Crippen LogP contribution is 2.38. The monoisotopic (exact) mass is 330 g/mol. The second-order valence-electron chi connectivity index (χ2n) is 5.48. The average Bonchev–Trinajstić information content (AvgIpc) is 2.78. The number of anilines is 1. The minimum atomic E-state index is -4.30. The zero-order valence-corrected chi connectivity index (χ0v) is 12.9. The lowest BCUT2D eigenvalue weighted by molar-refractivity contribution is -0.125. The van der Waals surface area contributed by atoms with Crippen molar-refractivity contribution in [1.82, 2.24) is 4.90 Å². The van der Waals surface area contributed by atoms with E-state index >= 15 is 0 Å². The minimum Gasteiger partial charge on any atom is -0.378 e. The van der Waals surface area contributed by atoms with Crippen LogP contribution in [0, 0.1) is 0 Å². The van der Waals surface area contributed by atoms with Crippen LogP contribution in [0.15, 0.2) is 41.8 Å². The van der Waals surface area contributed by atoms with Gasteiger partial charge in [0.25, 0.3) is 0 Å². The van der Waals surface area contributed by atoms with Crippen molar-refractivity contribution in [1.29, 1.82) is 0 Å². The molecule has 0 aliphatic carbocycles. The lowest BCUT2D eigenvalue weighted by Crippen LogP contribution is -2.39. The molecule has 0 spiro atoms. The Morgan fingerprint density at radius 3 is 2.86 bits per heavy atom. The van der Waals surface area contributed by atoms with Gasteiger partial charge in [0.2, 0.25) is 5.91 Å². The molecule has 7 heteroatoms. The van der Waals surface area contributed by atoms with Crippen LogP contribution in [0.1, 0.15) is 13.3 Å². The summed E-state index contributed by atoms with van der Waals surface area (Å²) < 4.78 is 37.3. The number of rotatable bonds is 4. The SMILES string of the molecule is C=CC(=O)N1CCC(C)(Nc2cccc(SC(F)(F)F)c2)C1. The number of carbonyl (C=O) groups is 1. The molecular formula is C15H17F3N2OS. The van der Waals surface area contributed by atoms with Crippen molar-refractivity contribution in [3.8, 4) is 0 Å². The summed E-state index contributed by atoms with van der Waals surface area (Å²) >= 11 is -0.137. The molecule has 1 unspecified atom stereocenters. The minimum absolute atomic E-state index is 0.132. The van der Waals surface area contributed by atoms with E-state index in [1.807, 2.05) is 6.92 Å². The van der Waals surface area contributed by atoms with Gasteiger partial charge in [0.15, 0.2) is 0 Å². The number of nitrogens with zero attached hydrogens (tertiary/aromatic N) is 1. The number of carbonyl (C=O) groups excluding carboxylic acids is 1. The number of benzene rings is 1. The summed E-state index contributed by atoms with van der Waals surface area (Å²) in [5, 5.41) is 3.24. The number of likely N-dealkylation sites (tertiary alicyclic amines) is 1. The second kappa shape index (κ2) is 6.24. The molecule has 22 heavy (non-hydrogen) atoms. The maximum atomic E-state index is 12.4. The van der Waals surface area contributed by atoms with E-state index in [1.54, 1.807) is 17.0 Å². The quantitative estimate of drug-likeness (QED) is 0.671. The highest BCUT2D eigenvalue weighted by atomic mass is 32.2. The highest BCUT2D eigenvalue weighted by molar-refractivity contribution is 8.00. The first kappa shape index (κ1) is 16.7. The molecule has 0 aromatic heterocycles. The summed E-state index contributed by atoms with van der Waals surface area (Å²) in [5.74, 6) is -0.132. The molecule has 1 aliphatic rings. The first-order valence-electron chi connectivity index (χ1n) is 6.76. The molecule has 1 amide bonds. The molecule has 1 fully saturated rings. The van der Waals surface area contributed by atoms with Gasteiger partial charge in [-0.2, -0.15) is 13.2 Å². The van der Waals surface area contributed by atoms with E-state index in [-0.39, 0.29) is 28.1 Å². The Kier molecular flexibility index (Phi) is 4.75. The predicted molar refractivity (Wildman–Crippen MR) is 81.8 cm³/mol. The summed E-state index contributed by atoms with van der Waals surface area (Å²) in [6.45, 7) is 6.51. The van der Waals surface area contributed by atoms with Crippen LogP contribution in [-0.2, 0) is 4.79 Å². The van der Waals surface area contributed by atoms with Crippen LogP contribution in [0.4, 0.5) is 18.9 Å². The smallest absolute Gasteiger partial charge is 0.378 e. The van der Waals surface area contributed by atoms with Gasteiger partial charge < -0.3 is 10.2 Å². The third-order valence-electron chi connectivity index (χ3n) is 3.47. The van der Waals surface area contributed by atoms with Gasteiger partial charge in [-0.25, -0.2) is 0 Å².